The third-order valence-electron chi connectivity index (χ3n) is 3.50. The molecule has 0 N–H and O–H groups in total. The van der Waals surface area contributed by atoms with Crippen molar-refractivity contribution < 1.29 is 14.3 Å². The molecule has 0 radical (unpaired) electrons. The van der Waals surface area contributed by atoms with Crippen molar-refractivity contribution in [2.75, 3.05) is 11.6 Å². The molecular weight excluding hydrogens is 312 g/mol. The highest BCUT2D eigenvalue weighted by molar-refractivity contribution is 7.13. The van der Waals surface area contributed by atoms with Crippen molar-refractivity contribution in [3.05, 3.63) is 52.7 Å². The van der Waals surface area contributed by atoms with Gasteiger partial charge in [0.25, 0.3) is 0 Å². The zero-order chi connectivity index (χ0) is 16.2. The second kappa shape index (κ2) is 6.75. The topological polar surface area (TPSA) is 59.0 Å². The first-order valence-electron chi connectivity index (χ1n) is 7.37. The average Bonchev–Trinajstić information content (AvgIpc) is 3.25. The van der Waals surface area contributed by atoms with Crippen LogP contribution < -0.4 is 5.01 Å². The highest BCUT2D eigenvalue weighted by Crippen LogP contribution is 2.27. The van der Waals surface area contributed by atoms with Crippen molar-refractivity contribution in [2.24, 2.45) is 5.10 Å². The van der Waals surface area contributed by atoms with E-state index < -0.39 is 6.04 Å². The van der Waals surface area contributed by atoms with Gasteiger partial charge in [0, 0.05) is 6.42 Å². The Morgan fingerprint density at radius 1 is 1.26 bits per heavy atom. The number of ether oxygens (including phenoxy) is 1. The Morgan fingerprint density at radius 3 is 2.70 bits per heavy atom. The normalized spacial score (nSPS) is 17.0. The summed E-state index contributed by atoms with van der Waals surface area (Å²) < 4.78 is 5.13. The number of hydrogen-bond acceptors (Lipinski definition) is 6. The molecular formula is C17H16N2O3S. The van der Waals surface area contributed by atoms with Crippen LogP contribution in [0.25, 0.3) is 0 Å². The van der Waals surface area contributed by atoms with Gasteiger partial charge in [-0.2, -0.15) is 5.10 Å². The minimum Gasteiger partial charge on any atom is -0.464 e. The number of rotatable bonds is 5. The van der Waals surface area contributed by atoms with Crippen LogP contribution in [0.5, 0.6) is 0 Å². The Hall–Kier alpha value is -2.47. The minimum atomic E-state index is -0.601. The molecule has 1 aromatic heterocycles. The smallest absolute Gasteiger partial charge is 0.331 e. The van der Waals surface area contributed by atoms with E-state index in [2.05, 4.69) is 5.10 Å². The summed E-state index contributed by atoms with van der Waals surface area (Å²) in [7, 11) is 0. The molecule has 0 fully saturated rings. The zero-order valence-corrected chi connectivity index (χ0v) is 13.5. The lowest BCUT2D eigenvalue weighted by atomic mass is 10.1. The van der Waals surface area contributed by atoms with Gasteiger partial charge in [0.15, 0.2) is 6.04 Å². The van der Waals surface area contributed by atoms with Crippen LogP contribution in [0.4, 0.5) is 5.69 Å². The van der Waals surface area contributed by atoms with Crippen molar-refractivity contribution >= 4 is 34.5 Å². The standard InChI is InChI=1S/C17H16N2O3S/c1-2-22-17(21)14-11-13(16(20)15-9-6-10-23-15)18-19(14)12-7-4-3-5-8-12/h3-10,14H,2,11H2,1H3. The number of ketones is 1. The molecule has 1 unspecified atom stereocenters. The number of Topliss-reactive ketones (excluding diaryl/α,β-unsaturated/α-hetero) is 1. The molecule has 1 aliphatic heterocycles. The van der Waals surface area contributed by atoms with Crippen LogP contribution in [0.1, 0.15) is 23.0 Å². The minimum absolute atomic E-state index is 0.132. The van der Waals surface area contributed by atoms with Crippen molar-refractivity contribution in [3.8, 4) is 0 Å². The maximum absolute atomic E-state index is 12.5. The number of nitrogens with zero attached hydrogens (tertiary/aromatic N) is 2. The van der Waals surface area contributed by atoms with Crippen molar-refractivity contribution in [1.29, 1.82) is 0 Å². The number of benzene rings is 1. The van der Waals surface area contributed by atoms with Crippen LogP contribution >= 0.6 is 11.3 Å². The molecule has 2 aromatic rings. The lowest BCUT2D eigenvalue weighted by Gasteiger charge is -2.21. The van der Waals surface area contributed by atoms with E-state index >= 15 is 0 Å². The number of carbonyl (C=O) groups excluding carboxylic acids is 2. The van der Waals surface area contributed by atoms with E-state index in [1.54, 1.807) is 18.0 Å². The van der Waals surface area contributed by atoms with E-state index in [0.717, 1.165) is 5.69 Å². The molecule has 0 aliphatic carbocycles. The molecule has 0 saturated heterocycles. The number of anilines is 1. The summed E-state index contributed by atoms with van der Waals surface area (Å²) in [5.74, 6) is -0.498. The molecule has 23 heavy (non-hydrogen) atoms. The van der Waals surface area contributed by atoms with Crippen LogP contribution in [-0.4, -0.2) is 30.1 Å². The summed E-state index contributed by atoms with van der Waals surface area (Å²) in [5.41, 5.74) is 1.15. The first kappa shape index (κ1) is 15.4. The summed E-state index contributed by atoms with van der Waals surface area (Å²) in [6.45, 7) is 2.06. The quantitative estimate of drug-likeness (QED) is 0.625. The molecule has 1 aromatic carbocycles. The molecule has 2 heterocycles. The summed E-state index contributed by atoms with van der Waals surface area (Å²) >= 11 is 1.37. The number of thiophene rings is 1. The molecule has 118 valence electrons. The Morgan fingerprint density at radius 2 is 2.04 bits per heavy atom. The fraction of sp³-hybridized carbons (Fsp3) is 0.235. The van der Waals surface area contributed by atoms with Crippen LogP contribution in [0.2, 0.25) is 0 Å². The van der Waals surface area contributed by atoms with E-state index in [4.69, 9.17) is 4.74 Å². The van der Waals surface area contributed by atoms with Gasteiger partial charge >= 0.3 is 5.97 Å². The maximum atomic E-state index is 12.5. The Bertz CT molecular complexity index is 726. The lowest BCUT2D eigenvalue weighted by Crippen LogP contribution is -2.36. The predicted octanol–water partition coefficient (Wildman–Crippen LogP) is 3.13. The molecule has 3 rings (SSSR count). The van der Waals surface area contributed by atoms with E-state index in [-0.39, 0.29) is 18.2 Å². The van der Waals surface area contributed by atoms with Gasteiger partial charge in [0.05, 0.1) is 17.2 Å². The summed E-state index contributed by atoms with van der Waals surface area (Å²) in [6.07, 6.45) is 0.254. The van der Waals surface area contributed by atoms with Crippen LogP contribution in [-0.2, 0) is 9.53 Å². The number of carbonyl (C=O) groups is 2. The Kier molecular flexibility index (Phi) is 4.52. The molecule has 0 bridgehead atoms. The molecule has 1 atom stereocenters. The van der Waals surface area contributed by atoms with Crippen molar-refractivity contribution in [2.45, 2.75) is 19.4 Å². The van der Waals surface area contributed by atoms with Gasteiger partial charge in [-0.25, -0.2) is 4.79 Å². The van der Waals surface area contributed by atoms with Gasteiger partial charge in [0.1, 0.15) is 5.71 Å². The highest BCUT2D eigenvalue weighted by Gasteiger charge is 2.37. The second-order valence-electron chi connectivity index (χ2n) is 5.01. The van der Waals surface area contributed by atoms with Crippen LogP contribution in [0.3, 0.4) is 0 Å². The van der Waals surface area contributed by atoms with Gasteiger partial charge < -0.3 is 4.74 Å². The summed E-state index contributed by atoms with van der Waals surface area (Å²) in [4.78, 5) is 25.4. The second-order valence-corrected chi connectivity index (χ2v) is 5.95. The Labute approximate surface area is 138 Å². The van der Waals surface area contributed by atoms with Gasteiger partial charge in [-0.15, -0.1) is 11.3 Å². The average molecular weight is 328 g/mol. The molecule has 0 spiro atoms. The monoisotopic (exact) mass is 328 g/mol. The number of hydrogen-bond donors (Lipinski definition) is 0. The van der Waals surface area contributed by atoms with Crippen molar-refractivity contribution in [1.82, 2.24) is 0 Å². The highest BCUT2D eigenvalue weighted by atomic mass is 32.1. The summed E-state index contributed by atoms with van der Waals surface area (Å²) in [6, 6.07) is 12.3. The van der Waals surface area contributed by atoms with Gasteiger partial charge in [-0.1, -0.05) is 24.3 Å². The van der Waals surface area contributed by atoms with E-state index in [1.165, 1.54) is 11.3 Å². The first-order chi connectivity index (χ1) is 11.2. The third-order valence-corrected chi connectivity index (χ3v) is 4.37. The SMILES string of the molecule is CCOC(=O)C1CC(C(=O)c2cccs2)=NN1c1ccccc1. The van der Waals surface area contributed by atoms with Crippen LogP contribution in [0.15, 0.2) is 52.9 Å². The van der Waals surface area contributed by atoms with Gasteiger partial charge in [0.2, 0.25) is 5.78 Å². The molecule has 0 saturated carbocycles. The van der Waals surface area contributed by atoms with Gasteiger partial charge in [-0.05, 0) is 30.5 Å². The van der Waals surface area contributed by atoms with E-state index in [0.29, 0.717) is 17.2 Å². The molecule has 6 heteroatoms. The first-order valence-corrected chi connectivity index (χ1v) is 8.25. The van der Waals surface area contributed by atoms with E-state index in [9.17, 15) is 9.59 Å². The molecule has 0 amide bonds. The van der Waals surface area contributed by atoms with E-state index in [1.807, 2.05) is 41.8 Å². The maximum Gasteiger partial charge on any atom is 0.331 e. The summed E-state index contributed by atoms with van der Waals surface area (Å²) in [5, 5.41) is 7.84. The zero-order valence-electron chi connectivity index (χ0n) is 12.6. The largest absolute Gasteiger partial charge is 0.464 e. The number of esters is 1. The number of hydrazone groups is 1. The lowest BCUT2D eigenvalue weighted by molar-refractivity contribution is -0.144. The third kappa shape index (κ3) is 3.17. The fourth-order valence-electron chi connectivity index (χ4n) is 2.44. The molecule has 5 nitrogen and oxygen atoms in total. The fourth-order valence-corrected chi connectivity index (χ4v) is 3.12. The van der Waals surface area contributed by atoms with Crippen molar-refractivity contribution in [3.63, 3.8) is 0 Å². The Balaban J connectivity index is 1.91. The van der Waals surface area contributed by atoms with Gasteiger partial charge in [-0.3, -0.25) is 9.80 Å². The molecule has 1 aliphatic rings. The number of para-hydroxylation sites is 1. The predicted molar refractivity (Wildman–Crippen MR) is 90.0 cm³/mol. The van der Waals surface area contributed by atoms with Crippen LogP contribution in [0, 0.1) is 0 Å².